The molecule has 0 fully saturated rings. The van der Waals surface area contributed by atoms with Gasteiger partial charge in [0.05, 0.1) is 12.2 Å². The second-order valence-corrected chi connectivity index (χ2v) is 3.89. The first-order valence-electron chi connectivity index (χ1n) is 4.79. The molecule has 0 aliphatic heterocycles. The predicted molar refractivity (Wildman–Crippen MR) is 66.9 cm³/mol. The molecular weight excluding hydrogens is 286 g/mol. The van der Waals surface area contributed by atoms with Crippen molar-refractivity contribution in [3.05, 3.63) is 34.8 Å². The van der Waals surface area contributed by atoms with Crippen molar-refractivity contribution in [2.24, 2.45) is 5.84 Å². The summed E-state index contributed by atoms with van der Waals surface area (Å²) in [6.45, 7) is 0.521. The van der Waals surface area contributed by atoms with Gasteiger partial charge in [-0.15, -0.1) is 0 Å². The standard InChI is InChI=1S/C9H10BrN7/c10-7-8(13-5-14-9(7)16-11)12-4-6-2-1-3-15-17-6/h1-3,5H,4,11H2,(H2,12,13,14,16). The summed E-state index contributed by atoms with van der Waals surface area (Å²) in [5.41, 5.74) is 3.29. The Labute approximate surface area is 106 Å². The number of aromatic nitrogens is 4. The maximum atomic E-state index is 5.31. The summed E-state index contributed by atoms with van der Waals surface area (Å²) in [6.07, 6.45) is 3.04. The van der Waals surface area contributed by atoms with Crippen LogP contribution in [0.25, 0.3) is 0 Å². The summed E-state index contributed by atoms with van der Waals surface area (Å²) >= 11 is 3.35. The zero-order valence-electron chi connectivity index (χ0n) is 8.76. The number of nitrogens with two attached hydrogens (primary N) is 1. The van der Waals surface area contributed by atoms with Gasteiger partial charge in [0.2, 0.25) is 0 Å². The van der Waals surface area contributed by atoms with E-state index in [0.717, 1.165) is 5.69 Å². The summed E-state index contributed by atoms with van der Waals surface area (Å²) in [5.74, 6) is 6.46. The van der Waals surface area contributed by atoms with E-state index < -0.39 is 0 Å². The summed E-state index contributed by atoms with van der Waals surface area (Å²) in [6, 6.07) is 3.70. The number of halogens is 1. The molecule has 7 nitrogen and oxygen atoms in total. The molecule has 2 heterocycles. The van der Waals surface area contributed by atoms with Gasteiger partial charge < -0.3 is 10.7 Å². The van der Waals surface area contributed by atoms with Crippen LogP contribution in [0.4, 0.5) is 11.6 Å². The number of hydrazine groups is 1. The Hall–Kier alpha value is -1.80. The first-order valence-corrected chi connectivity index (χ1v) is 5.58. The van der Waals surface area contributed by atoms with Crippen molar-refractivity contribution in [3.8, 4) is 0 Å². The molecule has 0 unspecified atom stereocenters. The molecule has 0 bridgehead atoms. The Kier molecular flexibility index (Phi) is 3.78. The summed E-state index contributed by atoms with van der Waals surface area (Å²) < 4.78 is 0.673. The number of nitrogen functional groups attached to an aromatic ring is 1. The van der Waals surface area contributed by atoms with Crippen LogP contribution in [0, 0.1) is 0 Å². The van der Waals surface area contributed by atoms with Crippen molar-refractivity contribution in [1.82, 2.24) is 20.2 Å². The summed E-state index contributed by atoms with van der Waals surface area (Å²) in [4.78, 5) is 8.04. The molecule has 0 aliphatic carbocycles. The van der Waals surface area contributed by atoms with E-state index >= 15 is 0 Å². The predicted octanol–water partition coefficient (Wildman–Crippen LogP) is 0.927. The van der Waals surface area contributed by atoms with Crippen molar-refractivity contribution in [2.45, 2.75) is 6.54 Å². The lowest BCUT2D eigenvalue weighted by molar-refractivity contribution is 0.918. The summed E-state index contributed by atoms with van der Waals surface area (Å²) in [7, 11) is 0. The minimum Gasteiger partial charge on any atom is -0.363 e. The van der Waals surface area contributed by atoms with Gasteiger partial charge in [0, 0.05) is 6.20 Å². The molecule has 2 rings (SSSR count). The molecule has 17 heavy (non-hydrogen) atoms. The first-order chi connectivity index (χ1) is 8.31. The van der Waals surface area contributed by atoms with Gasteiger partial charge >= 0.3 is 0 Å². The third-order valence-electron chi connectivity index (χ3n) is 1.99. The highest BCUT2D eigenvalue weighted by atomic mass is 79.9. The topological polar surface area (TPSA) is 102 Å². The molecule has 2 aromatic rings. The zero-order chi connectivity index (χ0) is 12.1. The number of hydrogen-bond donors (Lipinski definition) is 3. The second-order valence-electron chi connectivity index (χ2n) is 3.10. The molecule has 88 valence electrons. The fourth-order valence-electron chi connectivity index (χ4n) is 1.20. The molecule has 2 aromatic heterocycles. The van der Waals surface area contributed by atoms with Gasteiger partial charge in [-0.1, -0.05) is 0 Å². The zero-order valence-corrected chi connectivity index (χ0v) is 10.3. The third-order valence-corrected chi connectivity index (χ3v) is 2.74. The minimum atomic E-state index is 0.515. The molecule has 8 heteroatoms. The van der Waals surface area contributed by atoms with Crippen LogP contribution in [0.5, 0.6) is 0 Å². The van der Waals surface area contributed by atoms with Gasteiger partial charge in [-0.3, -0.25) is 0 Å². The van der Waals surface area contributed by atoms with Gasteiger partial charge in [0.1, 0.15) is 16.6 Å². The van der Waals surface area contributed by atoms with Crippen LogP contribution in [0.2, 0.25) is 0 Å². The van der Waals surface area contributed by atoms with Crippen molar-refractivity contribution in [1.29, 1.82) is 0 Å². The Morgan fingerprint density at radius 1 is 1.29 bits per heavy atom. The van der Waals surface area contributed by atoms with Crippen LogP contribution in [0.3, 0.4) is 0 Å². The molecule has 0 atom stereocenters. The Morgan fingerprint density at radius 2 is 2.12 bits per heavy atom. The molecule has 4 N–H and O–H groups in total. The van der Waals surface area contributed by atoms with E-state index in [-0.39, 0.29) is 0 Å². The number of anilines is 2. The van der Waals surface area contributed by atoms with Crippen LogP contribution in [-0.4, -0.2) is 20.2 Å². The van der Waals surface area contributed by atoms with E-state index in [1.165, 1.54) is 6.33 Å². The molecule has 0 spiro atoms. The SMILES string of the molecule is NNc1ncnc(NCc2cccnn2)c1Br. The molecule has 0 radical (unpaired) electrons. The molecule has 0 saturated heterocycles. The number of rotatable bonds is 4. The lowest BCUT2D eigenvalue weighted by atomic mass is 10.4. The minimum absolute atomic E-state index is 0.515. The quantitative estimate of drug-likeness (QED) is 0.569. The number of nitrogens with one attached hydrogen (secondary N) is 2. The molecule has 0 amide bonds. The fraction of sp³-hybridized carbons (Fsp3) is 0.111. The highest BCUT2D eigenvalue weighted by molar-refractivity contribution is 9.10. The van der Waals surface area contributed by atoms with Gasteiger partial charge in [0.25, 0.3) is 0 Å². The van der Waals surface area contributed by atoms with Crippen LogP contribution in [0.15, 0.2) is 29.1 Å². The van der Waals surface area contributed by atoms with Gasteiger partial charge in [-0.25, -0.2) is 15.8 Å². The maximum Gasteiger partial charge on any atom is 0.159 e. The Bertz CT molecular complexity index is 490. The average Bonchev–Trinajstić information content (AvgIpc) is 2.39. The van der Waals surface area contributed by atoms with Crippen molar-refractivity contribution >= 4 is 27.6 Å². The van der Waals surface area contributed by atoms with Crippen molar-refractivity contribution in [2.75, 3.05) is 10.7 Å². The van der Waals surface area contributed by atoms with Gasteiger partial charge in [-0.05, 0) is 28.1 Å². The highest BCUT2D eigenvalue weighted by Crippen LogP contribution is 2.25. The van der Waals surface area contributed by atoms with Gasteiger partial charge in [-0.2, -0.15) is 10.2 Å². The monoisotopic (exact) mass is 295 g/mol. The largest absolute Gasteiger partial charge is 0.363 e. The Morgan fingerprint density at radius 3 is 2.82 bits per heavy atom. The number of nitrogens with zero attached hydrogens (tertiary/aromatic N) is 4. The molecule has 0 aliphatic rings. The number of hydrogen-bond acceptors (Lipinski definition) is 7. The smallest absolute Gasteiger partial charge is 0.159 e. The first kappa shape index (κ1) is 11.7. The van der Waals surface area contributed by atoms with Crippen LogP contribution in [0.1, 0.15) is 5.69 Å². The highest BCUT2D eigenvalue weighted by Gasteiger charge is 2.07. The third kappa shape index (κ3) is 2.86. The van der Waals surface area contributed by atoms with E-state index in [2.05, 4.69) is 46.8 Å². The van der Waals surface area contributed by atoms with Crippen molar-refractivity contribution < 1.29 is 0 Å². The lowest BCUT2D eigenvalue weighted by Gasteiger charge is -2.08. The fourth-order valence-corrected chi connectivity index (χ4v) is 1.66. The van der Waals surface area contributed by atoms with E-state index in [1.807, 2.05) is 12.1 Å². The normalized spacial score (nSPS) is 10.0. The summed E-state index contributed by atoms with van der Waals surface area (Å²) in [5, 5.41) is 10.8. The molecular formula is C9H10BrN7. The van der Waals surface area contributed by atoms with Crippen LogP contribution < -0.4 is 16.6 Å². The Balaban J connectivity index is 2.09. The van der Waals surface area contributed by atoms with E-state index in [0.29, 0.717) is 22.7 Å². The van der Waals surface area contributed by atoms with E-state index in [4.69, 9.17) is 5.84 Å². The van der Waals surface area contributed by atoms with Crippen molar-refractivity contribution in [3.63, 3.8) is 0 Å². The molecule has 0 aromatic carbocycles. The maximum absolute atomic E-state index is 5.31. The van der Waals surface area contributed by atoms with E-state index in [9.17, 15) is 0 Å². The lowest BCUT2D eigenvalue weighted by Crippen LogP contribution is -2.11. The van der Waals surface area contributed by atoms with Crippen LogP contribution in [-0.2, 0) is 6.54 Å². The van der Waals surface area contributed by atoms with Crippen LogP contribution >= 0.6 is 15.9 Å². The average molecular weight is 296 g/mol. The second kappa shape index (κ2) is 5.51. The molecule has 0 saturated carbocycles. The van der Waals surface area contributed by atoms with Gasteiger partial charge in [0.15, 0.2) is 5.82 Å². The van der Waals surface area contributed by atoms with E-state index in [1.54, 1.807) is 6.20 Å².